The number of nitrogens with two attached hydrogens (primary N) is 1. The smallest absolute Gasteiger partial charge is 0.273 e. The van der Waals surface area contributed by atoms with Gasteiger partial charge in [0.1, 0.15) is 5.69 Å². The second-order valence-corrected chi connectivity index (χ2v) is 5.21. The molecule has 5 nitrogen and oxygen atoms in total. The number of hydrogen-bond acceptors (Lipinski definition) is 4. The van der Waals surface area contributed by atoms with Gasteiger partial charge in [0.2, 0.25) is 0 Å². The Kier molecular flexibility index (Phi) is 3.24. The van der Waals surface area contributed by atoms with E-state index in [0.717, 1.165) is 11.1 Å². The molecule has 0 aliphatic carbocycles. The van der Waals surface area contributed by atoms with Crippen molar-refractivity contribution in [3.05, 3.63) is 57.9 Å². The topological polar surface area (TPSA) is 83.0 Å². The van der Waals surface area contributed by atoms with E-state index in [1.54, 1.807) is 11.0 Å². The van der Waals surface area contributed by atoms with Crippen LogP contribution in [-0.4, -0.2) is 15.8 Å². The fourth-order valence-corrected chi connectivity index (χ4v) is 2.51. The molecule has 0 bridgehead atoms. The van der Waals surface area contributed by atoms with Crippen LogP contribution in [0.5, 0.6) is 0 Å². The van der Waals surface area contributed by atoms with Gasteiger partial charge in [-0.05, 0) is 23.3 Å². The Hall–Kier alpha value is -2.58. The quantitative estimate of drug-likeness (QED) is 0.876. The number of hydrogen-bond donors (Lipinski definition) is 1. The summed E-state index contributed by atoms with van der Waals surface area (Å²) in [5.74, 6) is -0.224. The van der Waals surface area contributed by atoms with Crippen molar-refractivity contribution in [2.24, 2.45) is 0 Å². The predicted octanol–water partition coefficient (Wildman–Crippen LogP) is 2.34. The Bertz CT molecular complexity index is 782. The van der Waals surface area contributed by atoms with E-state index >= 15 is 0 Å². The maximum atomic E-state index is 12.5. The highest BCUT2D eigenvalue weighted by Gasteiger charge is 2.27. The number of anilines is 1. The first-order chi connectivity index (χ1) is 10.1. The van der Waals surface area contributed by atoms with Crippen molar-refractivity contribution < 1.29 is 4.79 Å². The molecule has 1 aromatic carbocycles. The van der Waals surface area contributed by atoms with Crippen molar-refractivity contribution in [2.75, 3.05) is 5.73 Å². The first-order valence-electron chi connectivity index (χ1n) is 6.31. The number of nitriles is 1. The van der Waals surface area contributed by atoms with Crippen LogP contribution < -0.4 is 5.73 Å². The van der Waals surface area contributed by atoms with Crippen molar-refractivity contribution in [1.29, 1.82) is 5.26 Å². The van der Waals surface area contributed by atoms with Gasteiger partial charge >= 0.3 is 0 Å². The lowest BCUT2D eigenvalue weighted by atomic mass is 10.1. The molecule has 2 N–H and O–H groups in total. The average molecular weight is 299 g/mol. The second kappa shape index (κ2) is 5.08. The van der Waals surface area contributed by atoms with Crippen LogP contribution in [0.15, 0.2) is 30.5 Å². The molecule has 0 fully saturated rings. The lowest BCUT2D eigenvalue weighted by Crippen LogP contribution is -2.26. The lowest BCUT2D eigenvalue weighted by Gasteiger charge is -2.15. The maximum absolute atomic E-state index is 12.5. The molecule has 104 valence electrons. The molecular weight excluding hydrogens is 288 g/mol. The molecule has 2 heterocycles. The summed E-state index contributed by atoms with van der Waals surface area (Å²) in [7, 11) is 0. The molecular formula is C15H11ClN4O. The van der Waals surface area contributed by atoms with E-state index in [9.17, 15) is 4.79 Å². The van der Waals surface area contributed by atoms with Crippen LogP contribution in [0.25, 0.3) is 0 Å². The van der Waals surface area contributed by atoms with Gasteiger partial charge in [0.05, 0.1) is 22.3 Å². The summed E-state index contributed by atoms with van der Waals surface area (Å²) in [6.45, 7) is 0.871. The Balaban J connectivity index is 1.89. The Labute approximate surface area is 126 Å². The molecule has 0 spiro atoms. The van der Waals surface area contributed by atoms with Crippen LogP contribution in [0.1, 0.15) is 27.2 Å². The minimum absolute atomic E-state index is 0.224. The Morgan fingerprint density at radius 1 is 1.43 bits per heavy atom. The minimum Gasteiger partial charge on any atom is -0.397 e. The zero-order valence-corrected chi connectivity index (χ0v) is 11.8. The zero-order valence-electron chi connectivity index (χ0n) is 11.0. The number of nitrogens with zero attached hydrogens (tertiary/aromatic N) is 3. The highest BCUT2D eigenvalue weighted by atomic mass is 35.5. The molecule has 0 radical (unpaired) electrons. The Morgan fingerprint density at radius 3 is 2.95 bits per heavy atom. The van der Waals surface area contributed by atoms with E-state index in [4.69, 9.17) is 22.6 Å². The lowest BCUT2D eigenvalue weighted by molar-refractivity contribution is 0.0745. The minimum atomic E-state index is -0.224. The van der Waals surface area contributed by atoms with Gasteiger partial charge in [0.15, 0.2) is 0 Å². The number of pyridine rings is 1. The van der Waals surface area contributed by atoms with Gasteiger partial charge in [-0.15, -0.1) is 0 Å². The van der Waals surface area contributed by atoms with Crippen LogP contribution in [-0.2, 0) is 13.1 Å². The molecule has 0 saturated heterocycles. The van der Waals surface area contributed by atoms with Crippen LogP contribution in [0.3, 0.4) is 0 Å². The number of nitrogen functional groups attached to an aromatic ring is 1. The monoisotopic (exact) mass is 298 g/mol. The molecule has 1 aromatic heterocycles. The summed E-state index contributed by atoms with van der Waals surface area (Å²) in [5, 5.41) is 9.44. The molecule has 21 heavy (non-hydrogen) atoms. The summed E-state index contributed by atoms with van der Waals surface area (Å²) in [5.41, 5.74) is 8.77. The van der Waals surface area contributed by atoms with Gasteiger partial charge in [0.25, 0.3) is 5.91 Å². The highest BCUT2D eigenvalue weighted by molar-refractivity contribution is 6.33. The van der Waals surface area contributed by atoms with Gasteiger partial charge < -0.3 is 10.6 Å². The van der Waals surface area contributed by atoms with E-state index < -0.39 is 0 Å². The van der Waals surface area contributed by atoms with Gasteiger partial charge in [-0.2, -0.15) is 5.26 Å². The number of benzene rings is 1. The van der Waals surface area contributed by atoms with Crippen molar-refractivity contribution in [3.63, 3.8) is 0 Å². The third-order valence-corrected chi connectivity index (χ3v) is 3.81. The average Bonchev–Trinajstić information content (AvgIpc) is 2.93. The molecule has 1 aliphatic heterocycles. The van der Waals surface area contributed by atoms with Gasteiger partial charge in [0, 0.05) is 19.3 Å². The fraction of sp³-hybridized carbons (Fsp3) is 0.133. The third kappa shape index (κ3) is 2.30. The van der Waals surface area contributed by atoms with Crippen LogP contribution in [0.2, 0.25) is 5.02 Å². The van der Waals surface area contributed by atoms with E-state index in [0.29, 0.717) is 29.4 Å². The summed E-state index contributed by atoms with van der Waals surface area (Å²) in [4.78, 5) is 18.1. The highest BCUT2D eigenvalue weighted by Crippen LogP contribution is 2.27. The SMILES string of the molecule is N#Cc1cccc2c1CN(C(=O)c1cc(N)c(Cl)cn1)C2. The molecule has 3 rings (SSSR count). The summed E-state index contributed by atoms with van der Waals surface area (Å²) in [6.07, 6.45) is 1.37. The Morgan fingerprint density at radius 2 is 2.24 bits per heavy atom. The van der Waals surface area contributed by atoms with Gasteiger partial charge in [-0.25, -0.2) is 4.98 Å². The molecule has 0 atom stereocenters. The number of amides is 1. The number of aromatic nitrogens is 1. The number of halogens is 1. The van der Waals surface area contributed by atoms with Crippen molar-refractivity contribution in [3.8, 4) is 6.07 Å². The first kappa shape index (κ1) is 13.4. The standard InChI is InChI=1S/C15H11ClN4O/c16-12-6-19-14(4-13(12)18)15(21)20-7-10-3-1-2-9(5-17)11(10)8-20/h1-4,6H,7-8H2,(H2,18,19). The largest absolute Gasteiger partial charge is 0.397 e. The molecule has 1 amide bonds. The maximum Gasteiger partial charge on any atom is 0.273 e. The van der Waals surface area contributed by atoms with Gasteiger partial charge in [-0.1, -0.05) is 23.7 Å². The van der Waals surface area contributed by atoms with Crippen LogP contribution >= 0.6 is 11.6 Å². The fourth-order valence-electron chi connectivity index (χ4n) is 2.40. The molecule has 1 aliphatic rings. The van der Waals surface area contributed by atoms with Crippen LogP contribution in [0.4, 0.5) is 5.69 Å². The summed E-state index contributed by atoms with van der Waals surface area (Å²) in [6, 6.07) is 9.13. The summed E-state index contributed by atoms with van der Waals surface area (Å²) >= 11 is 5.81. The molecule has 0 saturated carbocycles. The normalized spacial score (nSPS) is 12.9. The molecule has 6 heteroatoms. The zero-order chi connectivity index (χ0) is 15.0. The van der Waals surface area contributed by atoms with E-state index in [2.05, 4.69) is 11.1 Å². The number of rotatable bonds is 1. The first-order valence-corrected chi connectivity index (χ1v) is 6.69. The summed E-state index contributed by atoms with van der Waals surface area (Å²) < 4.78 is 0. The van der Waals surface area contributed by atoms with Crippen molar-refractivity contribution in [1.82, 2.24) is 9.88 Å². The molecule has 2 aromatic rings. The van der Waals surface area contributed by atoms with E-state index in [1.165, 1.54) is 12.3 Å². The predicted molar refractivity (Wildman–Crippen MR) is 78.4 cm³/mol. The molecule has 0 unspecified atom stereocenters. The third-order valence-electron chi connectivity index (χ3n) is 3.49. The van der Waals surface area contributed by atoms with Crippen molar-refractivity contribution in [2.45, 2.75) is 13.1 Å². The van der Waals surface area contributed by atoms with Gasteiger partial charge in [-0.3, -0.25) is 4.79 Å². The van der Waals surface area contributed by atoms with E-state index in [1.807, 2.05) is 12.1 Å². The second-order valence-electron chi connectivity index (χ2n) is 4.81. The number of carbonyl (C=O) groups excluding carboxylic acids is 1. The number of fused-ring (bicyclic) bond motifs is 1. The number of carbonyl (C=O) groups is 1. The van der Waals surface area contributed by atoms with Crippen molar-refractivity contribution >= 4 is 23.2 Å². The van der Waals surface area contributed by atoms with E-state index in [-0.39, 0.29) is 11.6 Å². The van der Waals surface area contributed by atoms with Crippen LogP contribution in [0, 0.1) is 11.3 Å².